The summed E-state index contributed by atoms with van der Waals surface area (Å²) in [4.78, 5) is 0. The molecule has 2 atom stereocenters. The first kappa shape index (κ1) is 29.0. The fraction of sp³-hybridized carbons (Fsp3) is 0.0952. The number of nitrogens with two attached hydrogens (primary N) is 1. The van der Waals surface area contributed by atoms with Crippen LogP contribution in [0.15, 0.2) is 152 Å². The molecule has 5 nitrogen and oxygen atoms in total. The van der Waals surface area contributed by atoms with Gasteiger partial charge in [-0.25, -0.2) is 0 Å². The topological polar surface area (TPSA) is 74.1 Å². The van der Waals surface area contributed by atoms with Crippen molar-refractivity contribution in [1.82, 2.24) is 10.6 Å². The maximum Gasteiger partial charge on any atom is 0.0852 e. The van der Waals surface area contributed by atoms with E-state index in [4.69, 9.17) is 5.73 Å². The number of hydrogen-bond donors (Lipinski definition) is 5. The minimum Gasteiger partial charge on any atom is -0.366 e. The molecule has 0 fully saturated rings. The highest BCUT2D eigenvalue weighted by molar-refractivity contribution is 6.21. The predicted molar refractivity (Wildman–Crippen MR) is 197 cm³/mol. The number of nitrogens with one attached hydrogen (secondary N) is 4. The first-order valence-corrected chi connectivity index (χ1v) is 16.2. The molecule has 230 valence electrons. The lowest BCUT2D eigenvalue weighted by Gasteiger charge is -2.25. The summed E-state index contributed by atoms with van der Waals surface area (Å²) in [6.45, 7) is 1.47. The Morgan fingerprint density at radius 1 is 0.511 bits per heavy atom. The second-order valence-corrected chi connectivity index (χ2v) is 12.1. The van der Waals surface area contributed by atoms with Gasteiger partial charge in [-0.3, -0.25) is 10.6 Å². The number of rotatable bonds is 9. The van der Waals surface area contributed by atoms with Crippen molar-refractivity contribution in [3.63, 3.8) is 0 Å². The monoisotopic (exact) mass is 611 g/mol. The van der Waals surface area contributed by atoms with E-state index in [2.05, 4.69) is 161 Å². The maximum absolute atomic E-state index is 6.84. The van der Waals surface area contributed by atoms with E-state index in [0.717, 1.165) is 35.5 Å². The summed E-state index contributed by atoms with van der Waals surface area (Å²) >= 11 is 0. The van der Waals surface area contributed by atoms with Gasteiger partial charge >= 0.3 is 0 Å². The van der Waals surface area contributed by atoms with Crippen LogP contribution in [-0.2, 0) is 6.54 Å². The zero-order valence-corrected chi connectivity index (χ0v) is 26.1. The van der Waals surface area contributed by atoms with Crippen LogP contribution in [0.3, 0.4) is 0 Å². The van der Waals surface area contributed by atoms with Crippen molar-refractivity contribution in [2.45, 2.75) is 18.9 Å². The standard InChI is InChI=1S/C42H37N5/c43-41(47-42(29-13-5-2-6-14-29)44-26-28-11-3-1-4-12-28)34-18-10-17-32(24-34)30-15-9-16-31(23-30)33-21-22-36-35-19-7-8-20-37(35)39-40(38(36)25-33)46-27-45-39/h1-25,41-42,44-47H,26-27,43H2. The van der Waals surface area contributed by atoms with Crippen LogP contribution in [0, 0.1) is 0 Å². The van der Waals surface area contributed by atoms with Gasteiger partial charge in [-0.05, 0) is 67.9 Å². The third-order valence-corrected chi connectivity index (χ3v) is 9.16. The lowest BCUT2D eigenvalue weighted by molar-refractivity contribution is 0.386. The zero-order valence-electron chi connectivity index (χ0n) is 26.1. The molecule has 1 heterocycles. The van der Waals surface area contributed by atoms with Crippen molar-refractivity contribution in [2.24, 2.45) is 5.73 Å². The molecule has 0 amide bonds. The molecule has 7 aromatic carbocycles. The van der Waals surface area contributed by atoms with Crippen LogP contribution < -0.4 is 27.0 Å². The Bertz CT molecular complexity index is 2180. The first-order chi connectivity index (χ1) is 23.2. The van der Waals surface area contributed by atoms with E-state index in [9.17, 15) is 0 Å². The van der Waals surface area contributed by atoms with E-state index in [0.29, 0.717) is 0 Å². The molecular weight excluding hydrogens is 574 g/mol. The molecule has 0 saturated carbocycles. The fourth-order valence-corrected chi connectivity index (χ4v) is 6.76. The van der Waals surface area contributed by atoms with Gasteiger partial charge in [0.05, 0.1) is 30.4 Å². The quantitative estimate of drug-likeness (QED) is 0.0832. The number of benzene rings is 7. The molecule has 0 saturated heterocycles. The summed E-state index contributed by atoms with van der Waals surface area (Å²) in [5.41, 5.74) is 17.3. The van der Waals surface area contributed by atoms with Crippen LogP contribution >= 0.6 is 0 Å². The molecule has 6 N–H and O–H groups in total. The van der Waals surface area contributed by atoms with Crippen LogP contribution in [0.4, 0.5) is 11.4 Å². The maximum atomic E-state index is 6.84. The molecule has 1 aliphatic heterocycles. The lowest BCUT2D eigenvalue weighted by atomic mass is 9.93. The highest BCUT2D eigenvalue weighted by Gasteiger charge is 2.19. The Hall–Kier alpha value is -5.46. The Kier molecular flexibility index (Phi) is 7.85. The van der Waals surface area contributed by atoms with Crippen molar-refractivity contribution >= 4 is 32.9 Å². The second kappa shape index (κ2) is 12.7. The minimum absolute atomic E-state index is 0.116. The molecular formula is C42H37N5. The molecule has 0 aromatic heterocycles. The summed E-state index contributed by atoms with van der Waals surface area (Å²) in [6, 6.07) is 53.6. The summed E-state index contributed by atoms with van der Waals surface area (Å²) < 4.78 is 0. The molecule has 0 bridgehead atoms. The minimum atomic E-state index is -0.370. The Morgan fingerprint density at radius 3 is 1.85 bits per heavy atom. The third-order valence-electron chi connectivity index (χ3n) is 9.16. The molecule has 47 heavy (non-hydrogen) atoms. The summed E-state index contributed by atoms with van der Waals surface area (Å²) in [7, 11) is 0. The highest BCUT2D eigenvalue weighted by Crippen LogP contribution is 2.43. The Labute approximate surface area is 275 Å². The molecule has 8 rings (SSSR count). The van der Waals surface area contributed by atoms with E-state index >= 15 is 0 Å². The zero-order chi connectivity index (χ0) is 31.6. The SMILES string of the molecule is NC(NC(NCc1ccccc1)c1ccccc1)c1cccc(-c2cccc(-c3ccc4c(c3)c3c(c5ccccc54)NCN3)c2)c1. The smallest absolute Gasteiger partial charge is 0.0852 e. The lowest BCUT2D eigenvalue weighted by Crippen LogP contribution is -2.39. The molecule has 2 unspecified atom stereocenters. The van der Waals surface area contributed by atoms with Crippen molar-refractivity contribution in [3.05, 3.63) is 168 Å². The second-order valence-electron chi connectivity index (χ2n) is 12.1. The Balaban J connectivity index is 1.07. The summed E-state index contributed by atoms with van der Waals surface area (Å²) in [5.74, 6) is 0. The van der Waals surface area contributed by atoms with Gasteiger partial charge in [0.15, 0.2) is 0 Å². The molecule has 0 radical (unpaired) electrons. The van der Waals surface area contributed by atoms with Gasteiger partial charge in [0.1, 0.15) is 0 Å². The van der Waals surface area contributed by atoms with E-state index in [-0.39, 0.29) is 12.3 Å². The van der Waals surface area contributed by atoms with Gasteiger partial charge in [-0.15, -0.1) is 0 Å². The van der Waals surface area contributed by atoms with E-state index in [1.165, 1.54) is 49.6 Å². The van der Waals surface area contributed by atoms with Crippen molar-refractivity contribution in [2.75, 3.05) is 17.3 Å². The third kappa shape index (κ3) is 5.84. The summed E-state index contributed by atoms with van der Waals surface area (Å²) in [5, 5.41) is 19.4. The number of hydrogen-bond acceptors (Lipinski definition) is 5. The van der Waals surface area contributed by atoms with E-state index < -0.39 is 0 Å². The van der Waals surface area contributed by atoms with Gasteiger partial charge in [0.2, 0.25) is 0 Å². The molecule has 7 aromatic rings. The van der Waals surface area contributed by atoms with Crippen molar-refractivity contribution in [3.8, 4) is 22.3 Å². The summed E-state index contributed by atoms with van der Waals surface area (Å²) in [6.07, 6.45) is -0.486. The average Bonchev–Trinajstić information content (AvgIpc) is 3.65. The number of anilines is 2. The Morgan fingerprint density at radius 2 is 1.09 bits per heavy atom. The van der Waals surface area contributed by atoms with E-state index in [1.807, 2.05) is 12.1 Å². The average molecular weight is 612 g/mol. The van der Waals surface area contributed by atoms with Gasteiger partial charge in [0, 0.05) is 17.3 Å². The molecule has 0 spiro atoms. The largest absolute Gasteiger partial charge is 0.366 e. The van der Waals surface area contributed by atoms with Crippen LogP contribution in [-0.4, -0.2) is 6.67 Å². The predicted octanol–water partition coefficient (Wildman–Crippen LogP) is 9.16. The van der Waals surface area contributed by atoms with Crippen molar-refractivity contribution in [1.29, 1.82) is 0 Å². The number of fused-ring (bicyclic) bond motifs is 6. The van der Waals surface area contributed by atoms with Crippen LogP contribution in [0.25, 0.3) is 43.8 Å². The van der Waals surface area contributed by atoms with Crippen molar-refractivity contribution < 1.29 is 0 Å². The van der Waals surface area contributed by atoms with Gasteiger partial charge in [-0.2, -0.15) is 0 Å². The normalized spacial score (nSPS) is 13.6. The molecule has 5 heteroatoms. The van der Waals surface area contributed by atoms with Gasteiger partial charge in [-0.1, -0.05) is 133 Å². The van der Waals surface area contributed by atoms with Gasteiger partial charge in [0.25, 0.3) is 0 Å². The molecule has 1 aliphatic rings. The van der Waals surface area contributed by atoms with Crippen LogP contribution in [0.1, 0.15) is 29.0 Å². The van der Waals surface area contributed by atoms with Crippen LogP contribution in [0.2, 0.25) is 0 Å². The van der Waals surface area contributed by atoms with Crippen LogP contribution in [0.5, 0.6) is 0 Å². The highest BCUT2D eigenvalue weighted by atomic mass is 15.2. The van der Waals surface area contributed by atoms with E-state index in [1.54, 1.807) is 0 Å². The molecule has 0 aliphatic carbocycles. The van der Waals surface area contributed by atoms with Gasteiger partial charge < -0.3 is 16.4 Å². The fourth-order valence-electron chi connectivity index (χ4n) is 6.76. The first-order valence-electron chi connectivity index (χ1n) is 16.2.